The maximum atomic E-state index is 14.8. The monoisotopic (exact) mass is 676 g/mol. The molecule has 0 amide bonds. The van der Waals surface area contributed by atoms with Crippen molar-refractivity contribution >= 4 is 23.5 Å². The van der Waals surface area contributed by atoms with Crippen LogP contribution in [0, 0.1) is 41.4 Å². The van der Waals surface area contributed by atoms with Crippen LogP contribution < -0.4 is 0 Å². The summed E-state index contributed by atoms with van der Waals surface area (Å²) in [7, 11) is 5.51. The Labute approximate surface area is 285 Å². The van der Waals surface area contributed by atoms with E-state index in [1.165, 1.54) is 6.92 Å². The number of nitrogens with zero attached hydrogens (tertiary/aromatic N) is 2. The number of rotatable bonds is 6. The largest absolute Gasteiger partial charge is 0.458 e. The quantitative estimate of drug-likeness (QED) is 0.251. The third-order valence-corrected chi connectivity index (χ3v) is 11.6. The van der Waals surface area contributed by atoms with Gasteiger partial charge in [0, 0.05) is 35.8 Å². The summed E-state index contributed by atoms with van der Waals surface area (Å²) >= 11 is 0. The van der Waals surface area contributed by atoms with E-state index in [0.29, 0.717) is 19.4 Å². The van der Waals surface area contributed by atoms with Crippen LogP contribution in [0.5, 0.6) is 0 Å². The van der Waals surface area contributed by atoms with Crippen LogP contribution in [0.1, 0.15) is 74.7 Å². The van der Waals surface area contributed by atoms with E-state index in [4.69, 9.17) is 30.1 Å². The van der Waals surface area contributed by atoms with E-state index >= 15 is 0 Å². The Morgan fingerprint density at radius 1 is 1.08 bits per heavy atom. The van der Waals surface area contributed by atoms with Gasteiger partial charge in [0.25, 0.3) is 0 Å². The minimum Gasteiger partial charge on any atom is -0.458 e. The molecule has 0 aromatic rings. The Balaban J connectivity index is 1.86. The van der Waals surface area contributed by atoms with Crippen molar-refractivity contribution in [2.45, 2.75) is 129 Å². The van der Waals surface area contributed by atoms with Crippen LogP contribution in [0.15, 0.2) is 0 Å². The van der Waals surface area contributed by atoms with E-state index in [-0.39, 0.29) is 31.0 Å². The highest BCUT2D eigenvalue weighted by atomic mass is 16.7. The highest BCUT2D eigenvalue weighted by Crippen LogP contribution is 2.55. The van der Waals surface area contributed by atoms with Gasteiger partial charge in [-0.3, -0.25) is 24.1 Å². The molecule has 0 bridgehead atoms. The van der Waals surface area contributed by atoms with Gasteiger partial charge in [0.1, 0.15) is 36.6 Å². The number of esters is 2. The number of hydrogen-bond donors (Lipinski definition) is 1. The minimum atomic E-state index is -1.36. The molecule has 4 saturated heterocycles. The molecular weight excluding hydrogens is 620 g/mol. The van der Waals surface area contributed by atoms with Crippen molar-refractivity contribution in [1.29, 1.82) is 0 Å². The van der Waals surface area contributed by atoms with E-state index < -0.39 is 88.7 Å². The van der Waals surface area contributed by atoms with E-state index in [0.717, 1.165) is 0 Å². The maximum absolute atomic E-state index is 14.8. The van der Waals surface area contributed by atoms with Gasteiger partial charge in [-0.05, 0) is 68.1 Å². The molecule has 14 atom stereocenters. The number of ketones is 2. The molecule has 0 spiro atoms. The maximum Gasteiger partial charge on any atom is 0.324 e. The molecular formula is C36H56N2O10. The van der Waals surface area contributed by atoms with Gasteiger partial charge in [0.2, 0.25) is 0 Å². The van der Waals surface area contributed by atoms with Crippen LogP contribution in [-0.2, 0) is 42.9 Å². The van der Waals surface area contributed by atoms with Crippen LogP contribution in [0.25, 0.3) is 0 Å². The van der Waals surface area contributed by atoms with Crippen molar-refractivity contribution in [3.05, 3.63) is 0 Å². The summed E-state index contributed by atoms with van der Waals surface area (Å²) in [4.78, 5) is 59.9. The smallest absolute Gasteiger partial charge is 0.324 e. The molecule has 4 heterocycles. The van der Waals surface area contributed by atoms with Gasteiger partial charge in [-0.25, -0.2) is 0 Å². The molecule has 4 aliphatic heterocycles. The first-order valence-electron chi connectivity index (χ1n) is 17.2. The molecule has 1 N–H and O–H groups in total. The van der Waals surface area contributed by atoms with Crippen molar-refractivity contribution in [1.82, 2.24) is 9.80 Å². The topological polar surface area (TPSA) is 141 Å². The highest BCUT2D eigenvalue weighted by Gasteiger charge is 2.70. The number of aliphatic hydroxyl groups is 1. The lowest BCUT2D eigenvalue weighted by molar-refractivity contribution is -0.296. The molecule has 0 aromatic carbocycles. The Morgan fingerprint density at radius 3 is 2.31 bits per heavy atom. The van der Waals surface area contributed by atoms with Crippen LogP contribution >= 0.6 is 0 Å². The van der Waals surface area contributed by atoms with Crippen LogP contribution in [-0.4, -0.2) is 127 Å². The zero-order valence-electron chi connectivity index (χ0n) is 30.5. The number of cyclic esters (lactones) is 1. The average molecular weight is 677 g/mol. The van der Waals surface area contributed by atoms with Crippen LogP contribution in [0.4, 0.5) is 0 Å². The van der Waals surface area contributed by atoms with Gasteiger partial charge in [-0.1, -0.05) is 33.6 Å². The molecule has 0 radical (unpaired) electrons. The molecule has 4 rings (SSSR count). The predicted octanol–water partition coefficient (Wildman–Crippen LogP) is 2.23. The first kappa shape index (κ1) is 38.4. The lowest BCUT2D eigenvalue weighted by atomic mass is 9.62. The molecule has 270 valence electrons. The number of aliphatic hydroxyl groups excluding tert-OH is 1. The van der Waals surface area contributed by atoms with Gasteiger partial charge in [0.05, 0.1) is 17.8 Å². The summed E-state index contributed by atoms with van der Waals surface area (Å²) in [5.41, 5.74) is -3.75. The van der Waals surface area contributed by atoms with E-state index in [1.54, 1.807) is 34.7 Å². The van der Waals surface area contributed by atoms with Crippen molar-refractivity contribution in [2.24, 2.45) is 29.1 Å². The second-order valence-electron chi connectivity index (χ2n) is 15.5. The van der Waals surface area contributed by atoms with Gasteiger partial charge in [0.15, 0.2) is 17.7 Å². The Hall–Kier alpha value is -2.40. The zero-order valence-corrected chi connectivity index (χ0v) is 30.5. The predicted molar refractivity (Wildman–Crippen MR) is 175 cm³/mol. The lowest BCUT2D eigenvalue weighted by Crippen LogP contribution is -2.60. The van der Waals surface area contributed by atoms with Gasteiger partial charge >= 0.3 is 11.9 Å². The number of carbonyl (C=O) groups excluding carboxylic acids is 4. The summed E-state index contributed by atoms with van der Waals surface area (Å²) < 4.78 is 31.2. The first-order chi connectivity index (χ1) is 22.3. The molecule has 0 saturated carbocycles. The minimum absolute atomic E-state index is 0.0868. The number of likely N-dealkylation sites (N-methyl/N-ethyl adjacent to an activating group) is 2. The van der Waals surface area contributed by atoms with Gasteiger partial charge in [-0.15, -0.1) is 6.42 Å². The van der Waals surface area contributed by atoms with Gasteiger partial charge in [-0.2, -0.15) is 0 Å². The fourth-order valence-corrected chi connectivity index (χ4v) is 9.24. The van der Waals surface area contributed by atoms with Gasteiger partial charge < -0.3 is 33.7 Å². The number of terminal acetylenes is 1. The second kappa shape index (κ2) is 14.1. The van der Waals surface area contributed by atoms with Crippen molar-refractivity contribution in [3.8, 4) is 12.3 Å². The van der Waals surface area contributed by atoms with Crippen LogP contribution in [0.3, 0.4) is 0 Å². The standard InChI is InChI=1S/C36H56N2O10/c1-13-15-44-35(8)17-19(3)29(41)34(7)18-38(12)25-28(34)36(9,48-32(25)43)24(14-2)46-31(42)22(6)26(39)21(5)30(35)47-33-27(40)23(37(10)11)16-20(4)45-33/h1,19-25,27-28,30,33,40H,14-18H2,2-12H3/t19-,20-,21+,22-,23+,24-,25-,27-,28-,30-,33+,34-,35+,36-/m1/s1. The average Bonchev–Trinajstić information content (AvgIpc) is 3.47. The Morgan fingerprint density at radius 2 is 1.73 bits per heavy atom. The summed E-state index contributed by atoms with van der Waals surface area (Å²) in [6, 6.07) is -1.01. The van der Waals surface area contributed by atoms with E-state index in [1.807, 2.05) is 44.7 Å². The van der Waals surface area contributed by atoms with Crippen molar-refractivity contribution < 1.29 is 48.0 Å². The number of ether oxygens (including phenoxy) is 5. The SMILES string of the molecule is C#CCO[C@@]1(C)C[C@@H](C)C(=O)[C@]2(C)CN(C)[C@H]3C(=O)O[C@](C)([C@@H](CC)OC(=O)[C@H](C)C(=O)[C@H](C)[C@H]1O[C@@H]1O[C@H](C)C[C@H](N(C)C)[C@H]1O)[C@H]32. The van der Waals surface area contributed by atoms with Crippen molar-refractivity contribution in [3.63, 3.8) is 0 Å². The van der Waals surface area contributed by atoms with Crippen molar-refractivity contribution in [2.75, 3.05) is 34.3 Å². The lowest BCUT2D eigenvalue weighted by Gasteiger charge is -2.48. The third kappa shape index (κ3) is 6.59. The summed E-state index contributed by atoms with van der Waals surface area (Å²) in [6.45, 7) is 14.1. The Kier molecular flexibility index (Phi) is 11.3. The fourth-order valence-electron chi connectivity index (χ4n) is 9.24. The summed E-state index contributed by atoms with van der Waals surface area (Å²) in [5.74, 6) is -2.86. The van der Waals surface area contributed by atoms with E-state index in [9.17, 15) is 24.3 Å². The molecule has 4 aliphatic rings. The molecule has 0 aromatic heterocycles. The van der Waals surface area contributed by atoms with E-state index in [2.05, 4.69) is 5.92 Å². The Bertz CT molecular complexity index is 1300. The molecule has 12 nitrogen and oxygen atoms in total. The zero-order chi connectivity index (χ0) is 36.1. The third-order valence-electron chi connectivity index (χ3n) is 11.6. The summed E-state index contributed by atoms with van der Waals surface area (Å²) in [5, 5.41) is 11.4. The van der Waals surface area contributed by atoms with Crippen LogP contribution in [0.2, 0.25) is 0 Å². The number of Topliss-reactive ketones (excluding diaryl/α,β-unsaturated/α-hetero) is 2. The molecule has 0 unspecified atom stereocenters. The number of hydrogen-bond acceptors (Lipinski definition) is 12. The highest BCUT2D eigenvalue weighted by molar-refractivity contribution is 6.00. The number of likely N-dealkylation sites (tertiary alicyclic amines) is 1. The molecule has 0 aliphatic carbocycles. The number of carbonyl (C=O) groups is 4. The fraction of sp³-hybridized carbons (Fsp3) is 0.833. The molecule has 12 heteroatoms. The summed E-state index contributed by atoms with van der Waals surface area (Å²) in [6.07, 6.45) is 2.12. The molecule has 4 fully saturated rings. The normalized spacial score (nSPS) is 46.1. The second-order valence-corrected chi connectivity index (χ2v) is 15.5. The molecule has 48 heavy (non-hydrogen) atoms. The first-order valence-corrected chi connectivity index (χ1v) is 17.2.